The molecule has 2 aromatic rings. The number of hydrogen-bond acceptors (Lipinski definition) is 6. The van der Waals surface area contributed by atoms with Gasteiger partial charge in [0.25, 0.3) is 0 Å². The van der Waals surface area contributed by atoms with Crippen LogP contribution in [0.4, 0.5) is 0 Å². The maximum absolute atomic E-state index is 11.5. The van der Waals surface area contributed by atoms with Crippen LogP contribution < -0.4 is 9.47 Å². The van der Waals surface area contributed by atoms with Crippen LogP contribution in [0.1, 0.15) is 10.4 Å². The molecule has 92 valence electrons. The summed E-state index contributed by atoms with van der Waals surface area (Å²) in [6, 6.07) is 5.28. The molecule has 0 saturated heterocycles. The van der Waals surface area contributed by atoms with Crippen LogP contribution in [-0.4, -0.2) is 25.0 Å². The van der Waals surface area contributed by atoms with Crippen molar-refractivity contribution >= 4 is 5.97 Å². The normalized spacial score (nSPS) is 12.5. The van der Waals surface area contributed by atoms with Gasteiger partial charge < -0.3 is 18.7 Å². The van der Waals surface area contributed by atoms with Crippen molar-refractivity contribution in [3.8, 4) is 22.8 Å². The summed E-state index contributed by atoms with van der Waals surface area (Å²) in [5.74, 6) is 0.789. The van der Waals surface area contributed by atoms with Gasteiger partial charge in [0.15, 0.2) is 11.5 Å². The van der Waals surface area contributed by atoms with Crippen LogP contribution in [0.25, 0.3) is 11.3 Å². The van der Waals surface area contributed by atoms with E-state index in [4.69, 9.17) is 14.0 Å². The van der Waals surface area contributed by atoms with Gasteiger partial charge in [0.05, 0.1) is 7.11 Å². The van der Waals surface area contributed by atoms with Gasteiger partial charge in [-0.25, -0.2) is 4.79 Å². The third-order valence-electron chi connectivity index (χ3n) is 2.62. The lowest BCUT2D eigenvalue weighted by Gasteiger charge is -2.01. The number of aromatic nitrogens is 1. The third kappa shape index (κ3) is 1.58. The van der Waals surface area contributed by atoms with Crippen molar-refractivity contribution < 1.29 is 23.5 Å². The van der Waals surface area contributed by atoms with Crippen LogP contribution in [0.15, 0.2) is 29.0 Å². The zero-order valence-corrected chi connectivity index (χ0v) is 9.50. The number of fused-ring (bicyclic) bond motifs is 1. The van der Waals surface area contributed by atoms with E-state index in [1.165, 1.54) is 13.4 Å². The molecule has 6 heteroatoms. The second-order valence-corrected chi connectivity index (χ2v) is 3.64. The summed E-state index contributed by atoms with van der Waals surface area (Å²) in [4.78, 5) is 11.5. The highest BCUT2D eigenvalue weighted by Gasteiger charge is 2.20. The van der Waals surface area contributed by atoms with Crippen LogP contribution in [0.5, 0.6) is 11.5 Å². The Hall–Kier alpha value is -2.50. The van der Waals surface area contributed by atoms with E-state index in [1.807, 2.05) is 0 Å². The summed E-state index contributed by atoms with van der Waals surface area (Å²) < 4.78 is 20.0. The summed E-state index contributed by atoms with van der Waals surface area (Å²) in [6.45, 7) is 0.196. The lowest BCUT2D eigenvalue weighted by molar-refractivity contribution is 0.0600. The number of benzene rings is 1. The van der Waals surface area contributed by atoms with E-state index in [9.17, 15) is 4.79 Å². The van der Waals surface area contributed by atoms with E-state index in [1.54, 1.807) is 18.2 Å². The van der Waals surface area contributed by atoms with Crippen LogP contribution >= 0.6 is 0 Å². The number of hydrogen-bond donors (Lipinski definition) is 0. The molecule has 6 nitrogen and oxygen atoms in total. The SMILES string of the molecule is COC(=O)c1conc1-c1ccc2c(c1)OCO2. The number of rotatable bonds is 2. The molecule has 0 radical (unpaired) electrons. The Morgan fingerprint density at radius 1 is 1.33 bits per heavy atom. The number of carbonyl (C=O) groups excluding carboxylic acids is 1. The number of nitrogens with zero attached hydrogens (tertiary/aromatic N) is 1. The average molecular weight is 247 g/mol. The predicted octanol–water partition coefficient (Wildman–Crippen LogP) is 1.86. The highest BCUT2D eigenvalue weighted by Crippen LogP contribution is 2.36. The largest absolute Gasteiger partial charge is 0.465 e. The lowest BCUT2D eigenvalue weighted by atomic mass is 10.1. The van der Waals surface area contributed by atoms with Gasteiger partial charge in [0.2, 0.25) is 6.79 Å². The molecule has 3 rings (SSSR count). The highest BCUT2D eigenvalue weighted by atomic mass is 16.7. The molecule has 0 N–H and O–H groups in total. The summed E-state index contributed by atoms with van der Waals surface area (Å²) >= 11 is 0. The molecule has 1 aliphatic rings. The van der Waals surface area contributed by atoms with Crippen molar-refractivity contribution in [3.05, 3.63) is 30.0 Å². The van der Waals surface area contributed by atoms with Crippen LogP contribution in [0.3, 0.4) is 0 Å². The fourth-order valence-corrected chi connectivity index (χ4v) is 1.74. The zero-order chi connectivity index (χ0) is 12.5. The van der Waals surface area contributed by atoms with Crippen molar-refractivity contribution in [3.63, 3.8) is 0 Å². The van der Waals surface area contributed by atoms with Gasteiger partial charge in [0, 0.05) is 5.56 Å². The molecule has 1 aliphatic heterocycles. The minimum absolute atomic E-state index is 0.196. The third-order valence-corrected chi connectivity index (χ3v) is 2.62. The first-order valence-electron chi connectivity index (χ1n) is 5.22. The number of methoxy groups -OCH3 is 1. The first-order valence-corrected chi connectivity index (χ1v) is 5.22. The van der Waals surface area contributed by atoms with Gasteiger partial charge >= 0.3 is 5.97 Å². The average Bonchev–Trinajstić information content (AvgIpc) is 3.05. The van der Waals surface area contributed by atoms with Gasteiger partial charge in [-0.2, -0.15) is 0 Å². The molecule has 0 spiro atoms. The quantitative estimate of drug-likeness (QED) is 0.754. The smallest absolute Gasteiger partial charge is 0.343 e. The number of esters is 1. The van der Waals surface area contributed by atoms with E-state index in [-0.39, 0.29) is 12.4 Å². The van der Waals surface area contributed by atoms with Crippen molar-refractivity contribution in [2.24, 2.45) is 0 Å². The minimum atomic E-state index is -0.496. The van der Waals surface area contributed by atoms with Gasteiger partial charge in [-0.15, -0.1) is 0 Å². The van der Waals surface area contributed by atoms with E-state index < -0.39 is 5.97 Å². The molecule has 1 aromatic carbocycles. The molecule has 0 amide bonds. The number of ether oxygens (including phenoxy) is 3. The molecule has 18 heavy (non-hydrogen) atoms. The molecule has 1 aromatic heterocycles. The Morgan fingerprint density at radius 2 is 2.17 bits per heavy atom. The van der Waals surface area contributed by atoms with E-state index in [0.29, 0.717) is 22.8 Å². The van der Waals surface area contributed by atoms with E-state index >= 15 is 0 Å². The van der Waals surface area contributed by atoms with Gasteiger partial charge in [0.1, 0.15) is 17.5 Å². The van der Waals surface area contributed by atoms with Gasteiger partial charge in [-0.1, -0.05) is 5.16 Å². The summed E-state index contributed by atoms with van der Waals surface area (Å²) in [5.41, 5.74) is 1.39. The van der Waals surface area contributed by atoms with Crippen molar-refractivity contribution in [1.82, 2.24) is 5.16 Å². The second-order valence-electron chi connectivity index (χ2n) is 3.64. The second kappa shape index (κ2) is 4.06. The minimum Gasteiger partial charge on any atom is -0.465 e. The Labute approximate surface area is 102 Å². The first-order chi connectivity index (χ1) is 8.79. The highest BCUT2D eigenvalue weighted by molar-refractivity contribution is 5.95. The number of carbonyl (C=O) groups is 1. The van der Waals surface area contributed by atoms with Gasteiger partial charge in [-0.05, 0) is 18.2 Å². The van der Waals surface area contributed by atoms with Crippen molar-refractivity contribution in [2.75, 3.05) is 13.9 Å². The molecular formula is C12H9NO5. The molecule has 2 heterocycles. The Kier molecular flexibility index (Phi) is 2.40. The Balaban J connectivity index is 2.05. The monoisotopic (exact) mass is 247 g/mol. The van der Waals surface area contributed by atoms with Crippen molar-refractivity contribution in [2.45, 2.75) is 0 Å². The predicted molar refractivity (Wildman–Crippen MR) is 59.4 cm³/mol. The maximum atomic E-state index is 11.5. The van der Waals surface area contributed by atoms with Crippen LogP contribution in [0, 0.1) is 0 Å². The summed E-state index contributed by atoms with van der Waals surface area (Å²) in [6.07, 6.45) is 1.26. The van der Waals surface area contributed by atoms with Gasteiger partial charge in [-0.3, -0.25) is 0 Å². The zero-order valence-electron chi connectivity index (χ0n) is 9.50. The Morgan fingerprint density at radius 3 is 3.00 bits per heavy atom. The lowest BCUT2D eigenvalue weighted by Crippen LogP contribution is -2.01. The molecule has 0 unspecified atom stereocenters. The van der Waals surface area contributed by atoms with E-state index in [0.717, 1.165) is 0 Å². The Bertz CT molecular complexity index is 604. The van der Waals surface area contributed by atoms with E-state index in [2.05, 4.69) is 9.89 Å². The summed E-state index contributed by atoms with van der Waals surface area (Å²) in [5, 5.41) is 3.81. The standard InChI is InChI=1S/C12H9NO5/c1-15-12(14)8-5-18-13-11(8)7-2-3-9-10(4-7)17-6-16-9/h2-5H,6H2,1H3. The molecule has 0 bridgehead atoms. The summed E-state index contributed by atoms with van der Waals surface area (Å²) in [7, 11) is 1.30. The fourth-order valence-electron chi connectivity index (χ4n) is 1.74. The molecule has 0 aliphatic carbocycles. The molecule has 0 saturated carbocycles. The van der Waals surface area contributed by atoms with Crippen LogP contribution in [-0.2, 0) is 4.74 Å². The molecule has 0 fully saturated rings. The topological polar surface area (TPSA) is 70.8 Å². The molecular weight excluding hydrogens is 238 g/mol. The maximum Gasteiger partial charge on any atom is 0.343 e. The fraction of sp³-hybridized carbons (Fsp3) is 0.167. The van der Waals surface area contributed by atoms with Crippen LogP contribution in [0.2, 0.25) is 0 Å². The van der Waals surface area contributed by atoms with Crippen molar-refractivity contribution in [1.29, 1.82) is 0 Å². The first kappa shape index (κ1) is 10.6. The molecule has 0 atom stereocenters.